The lowest BCUT2D eigenvalue weighted by Crippen LogP contribution is -2.67. The highest BCUT2D eigenvalue weighted by Gasteiger charge is 2.49. The van der Waals surface area contributed by atoms with Crippen molar-refractivity contribution >= 4 is 11.8 Å². The molecule has 142 valence electrons. The molecule has 1 aromatic rings. The van der Waals surface area contributed by atoms with Crippen LogP contribution < -0.4 is 5.32 Å². The minimum atomic E-state index is -0.0200. The highest BCUT2D eigenvalue weighted by Crippen LogP contribution is 2.41. The number of carbonyl (C=O) groups is 2. The molecule has 3 saturated heterocycles. The molecule has 0 saturated carbocycles. The third kappa shape index (κ3) is 3.47. The third-order valence-corrected chi connectivity index (χ3v) is 6.27. The van der Waals surface area contributed by atoms with Crippen molar-refractivity contribution in [1.82, 2.24) is 29.9 Å². The van der Waals surface area contributed by atoms with E-state index < -0.39 is 0 Å². The average Bonchev–Trinajstić information content (AvgIpc) is 3.14. The molecule has 2 amide bonds. The first-order chi connectivity index (χ1) is 12.6. The van der Waals surface area contributed by atoms with Gasteiger partial charge in [0.2, 0.25) is 11.8 Å². The van der Waals surface area contributed by atoms with E-state index in [9.17, 15) is 9.59 Å². The fraction of sp³-hybridized carbons (Fsp3) is 0.778. The molecule has 3 aliphatic rings. The van der Waals surface area contributed by atoms with Gasteiger partial charge in [-0.25, -0.2) is 0 Å². The van der Waals surface area contributed by atoms with Crippen LogP contribution in [0.25, 0.3) is 0 Å². The minimum Gasteiger partial charge on any atom is -0.354 e. The van der Waals surface area contributed by atoms with Crippen LogP contribution in [-0.2, 0) is 16.1 Å². The Morgan fingerprint density at radius 1 is 1.23 bits per heavy atom. The molecule has 4 atom stereocenters. The lowest BCUT2D eigenvalue weighted by molar-refractivity contribution is -0.153. The number of nitrogens with one attached hydrogen (secondary N) is 1. The Hall–Kier alpha value is -1.96. The van der Waals surface area contributed by atoms with Gasteiger partial charge in [-0.1, -0.05) is 0 Å². The quantitative estimate of drug-likeness (QED) is 0.806. The van der Waals surface area contributed by atoms with Gasteiger partial charge in [-0.3, -0.25) is 9.59 Å². The summed E-state index contributed by atoms with van der Waals surface area (Å²) in [4.78, 5) is 28.8. The summed E-state index contributed by atoms with van der Waals surface area (Å²) in [6.45, 7) is 6.02. The number of likely N-dealkylation sites (tertiary alicyclic amines) is 1. The molecule has 0 unspecified atom stereocenters. The van der Waals surface area contributed by atoms with Crippen molar-refractivity contribution < 1.29 is 9.59 Å². The van der Waals surface area contributed by atoms with Crippen molar-refractivity contribution in [2.45, 2.75) is 51.2 Å². The number of fused-ring (bicyclic) bond motifs is 4. The summed E-state index contributed by atoms with van der Waals surface area (Å²) in [5, 5.41) is 10.7. The highest BCUT2D eigenvalue weighted by molar-refractivity contribution is 5.78. The maximum Gasteiger partial charge on any atom is 0.223 e. The third-order valence-electron chi connectivity index (χ3n) is 6.27. The number of rotatable bonds is 5. The second kappa shape index (κ2) is 7.34. The smallest absolute Gasteiger partial charge is 0.223 e. The molecule has 2 bridgehead atoms. The Labute approximate surface area is 153 Å². The molecule has 4 heterocycles. The Balaban J connectivity index is 1.48. The van der Waals surface area contributed by atoms with E-state index in [1.807, 2.05) is 4.57 Å². The fourth-order valence-corrected chi connectivity index (χ4v) is 5.16. The first kappa shape index (κ1) is 17.5. The van der Waals surface area contributed by atoms with Crippen molar-refractivity contribution in [3.8, 4) is 0 Å². The van der Waals surface area contributed by atoms with Crippen molar-refractivity contribution in [1.29, 1.82) is 0 Å². The zero-order valence-electron chi connectivity index (χ0n) is 15.4. The summed E-state index contributed by atoms with van der Waals surface area (Å²) >= 11 is 0. The number of nitrogens with zero attached hydrogens (tertiary/aromatic N) is 5. The van der Waals surface area contributed by atoms with Gasteiger partial charge in [-0.15, -0.1) is 10.2 Å². The molecule has 3 aliphatic heterocycles. The molecule has 1 aromatic heterocycles. The Bertz CT molecular complexity index is 648. The molecule has 3 fully saturated rings. The molecule has 8 heteroatoms. The van der Waals surface area contributed by atoms with E-state index in [0.717, 1.165) is 39.0 Å². The predicted molar refractivity (Wildman–Crippen MR) is 95.0 cm³/mol. The zero-order chi connectivity index (χ0) is 18.1. The summed E-state index contributed by atoms with van der Waals surface area (Å²) in [7, 11) is 0. The average molecular weight is 360 g/mol. The highest BCUT2D eigenvalue weighted by atomic mass is 16.2. The van der Waals surface area contributed by atoms with Gasteiger partial charge in [0.05, 0.1) is 6.04 Å². The van der Waals surface area contributed by atoms with Crippen LogP contribution in [0, 0.1) is 11.8 Å². The van der Waals surface area contributed by atoms with E-state index in [1.165, 1.54) is 6.42 Å². The fourth-order valence-electron chi connectivity index (χ4n) is 5.16. The van der Waals surface area contributed by atoms with E-state index in [2.05, 4.69) is 25.3 Å². The van der Waals surface area contributed by atoms with Crippen LogP contribution in [-0.4, -0.2) is 74.6 Å². The molecular formula is C18H28N6O2. The SMILES string of the molecule is CC(=O)NC[C@H]1[C@H]2C[C@H](CN(CCn3cnnc3)C2)[C@@H]2CCCC(=O)N21. The minimum absolute atomic E-state index is 0.0200. The number of piperidine rings is 3. The van der Waals surface area contributed by atoms with Crippen molar-refractivity contribution in [3.05, 3.63) is 12.7 Å². The summed E-state index contributed by atoms with van der Waals surface area (Å²) in [5.41, 5.74) is 0. The number of carbonyl (C=O) groups excluding carboxylic acids is 2. The molecule has 0 aromatic carbocycles. The molecule has 8 nitrogen and oxygen atoms in total. The molecular weight excluding hydrogens is 332 g/mol. The largest absolute Gasteiger partial charge is 0.354 e. The van der Waals surface area contributed by atoms with Gasteiger partial charge in [0, 0.05) is 52.1 Å². The Morgan fingerprint density at radius 2 is 2.00 bits per heavy atom. The number of amides is 2. The van der Waals surface area contributed by atoms with Gasteiger partial charge >= 0.3 is 0 Å². The van der Waals surface area contributed by atoms with Crippen LogP contribution in [0.2, 0.25) is 0 Å². The van der Waals surface area contributed by atoms with Crippen LogP contribution in [0.1, 0.15) is 32.6 Å². The normalized spacial score (nSPS) is 31.6. The predicted octanol–water partition coefficient (Wildman–Crippen LogP) is 0.116. The van der Waals surface area contributed by atoms with E-state index in [1.54, 1.807) is 19.6 Å². The summed E-state index contributed by atoms with van der Waals surface area (Å²) in [5.74, 6) is 1.24. The molecule has 0 radical (unpaired) electrons. The topological polar surface area (TPSA) is 83.4 Å². The van der Waals surface area contributed by atoms with Gasteiger partial charge < -0.3 is 19.7 Å². The van der Waals surface area contributed by atoms with Gasteiger partial charge in [0.1, 0.15) is 12.7 Å². The number of hydrogen-bond acceptors (Lipinski definition) is 5. The first-order valence-electron chi connectivity index (χ1n) is 9.72. The van der Waals surface area contributed by atoms with Crippen LogP contribution in [0.15, 0.2) is 12.7 Å². The second-order valence-corrected chi connectivity index (χ2v) is 7.98. The van der Waals surface area contributed by atoms with E-state index in [0.29, 0.717) is 30.8 Å². The zero-order valence-corrected chi connectivity index (χ0v) is 15.4. The van der Waals surface area contributed by atoms with Gasteiger partial charge in [-0.05, 0) is 31.1 Å². The van der Waals surface area contributed by atoms with Crippen LogP contribution >= 0.6 is 0 Å². The molecule has 1 N–H and O–H groups in total. The number of hydrogen-bond donors (Lipinski definition) is 1. The van der Waals surface area contributed by atoms with Crippen molar-refractivity contribution in [2.24, 2.45) is 11.8 Å². The summed E-state index contributed by atoms with van der Waals surface area (Å²) < 4.78 is 2.01. The molecule has 4 rings (SSSR count). The summed E-state index contributed by atoms with van der Waals surface area (Å²) in [6.07, 6.45) is 7.43. The van der Waals surface area contributed by atoms with Gasteiger partial charge in [0.15, 0.2) is 0 Å². The summed E-state index contributed by atoms with van der Waals surface area (Å²) in [6, 6.07) is 0.467. The van der Waals surface area contributed by atoms with Gasteiger partial charge in [-0.2, -0.15) is 0 Å². The first-order valence-corrected chi connectivity index (χ1v) is 9.72. The van der Waals surface area contributed by atoms with E-state index in [4.69, 9.17) is 0 Å². The maximum atomic E-state index is 12.7. The monoisotopic (exact) mass is 360 g/mol. The maximum absolute atomic E-state index is 12.7. The number of aromatic nitrogens is 3. The van der Waals surface area contributed by atoms with Gasteiger partial charge in [0.25, 0.3) is 0 Å². The lowest BCUT2D eigenvalue weighted by Gasteiger charge is -2.56. The van der Waals surface area contributed by atoms with Crippen molar-refractivity contribution in [2.75, 3.05) is 26.2 Å². The second-order valence-electron chi connectivity index (χ2n) is 7.98. The molecule has 0 spiro atoms. The lowest BCUT2D eigenvalue weighted by atomic mass is 9.72. The molecule has 0 aliphatic carbocycles. The van der Waals surface area contributed by atoms with Crippen LogP contribution in [0.3, 0.4) is 0 Å². The van der Waals surface area contributed by atoms with E-state index in [-0.39, 0.29) is 17.9 Å². The molecule has 26 heavy (non-hydrogen) atoms. The van der Waals surface area contributed by atoms with Crippen LogP contribution in [0.4, 0.5) is 0 Å². The van der Waals surface area contributed by atoms with Crippen LogP contribution in [0.5, 0.6) is 0 Å². The Kier molecular flexibility index (Phi) is 4.93. The Morgan fingerprint density at radius 3 is 2.77 bits per heavy atom. The standard InChI is InChI=1S/C18H28N6O2/c1-13(25)19-8-17-15-7-14(16-3-2-4-18(26)24(16)17)9-22(10-15)5-6-23-11-20-21-12-23/h11-12,14-17H,2-10H2,1H3,(H,19,25)/t14-,15+,16+,17+/m1/s1. The van der Waals surface area contributed by atoms with E-state index >= 15 is 0 Å². The van der Waals surface area contributed by atoms with Crippen molar-refractivity contribution in [3.63, 3.8) is 0 Å².